The number of benzene rings is 1. The Bertz CT molecular complexity index is 1050. The SMILES string of the molecule is CCc1nc(N2CCCC(F)(F)CC2)c(C(=O)Nc2ccc(F)c(C(N)=NO)c2)cc1Cl. The molecule has 2 aromatic rings. The number of hydrogen-bond donors (Lipinski definition) is 3. The molecule has 2 heterocycles. The molecule has 172 valence electrons. The standard InChI is InChI=1S/C21H23ClF3N5O2/c1-2-17-15(22)11-14(19(28-17)30-8-3-6-21(24,25)7-9-30)20(31)27-12-4-5-16(23)13(10-12)18(26)29-32/h4-5,10-11,32H,2-3,6-9H2,1H3,(H2,26,29)(H,27,31). The summed E-state index contributed by atoms with van der Waals surface area (Å²) in [6.07, 6.45) is 0.173. The molecule has 1 aliphatic rings. The maximum Gasteiger partial charge on any atom is 0.259 e. The van der Waals surface area contributed by atoms with E-state index in [9.17, 15) is 18.0 Å². The molecule has 1 aromatic carbocycles. The Balaban J connectivity index is 1.96. The molecule has 4 N–H and O–H groups in total. The molecule has 1 aromatic heterocycles. The third-order valence-electron chi connectivity index (χ3n) is 5.23. The Hall–Kier alpha value is -3.01. The molecule has 1 amide bonds. The first kappa shape index (κ1) is 23.6. The Labute approximate surface area is 188 Å². The molecule has 0 bridgehead atoms. The topological polar surface area (TPSA) is 104 Å². The normalized spacial score (nSPS) is 16.5. The fourth-order valence-corrected chi connectivity index (χ4v) is 3.78. The van der Waals surface area contributed by atoms with Crippen LogP contribution in [0, 0.1) is 5.82 Å². The average molecular weight is 470 g/mol. The highest BCUT2D eigenvalue weighted by molar-refractivity contribution is 6.31. The van der Waals surface area contributed by atoms with Gasteiger partial charge in [0, 0.05) is 31.6 Å². The lowest BCUT2D eigenvalue weighted by molar-refractivity contribution is -0.0102. The Morgan fingerprint density at radius 3 is 2.75 bits per heavy atom. The van der Waals surface area contributed by atoms with Crippen molar-refractivity contribution in [3.63, 3.8) is 0 Å². The molecule has 11 heteroatoms. The second-order valence-electron chi connectivity index (χ2n) is 7.47. The highest BCUT2D eigenvalue weighted by Crippen LogP contribution is 2.32. The van der Waals surface area contributed by atoms with Gasteiger partial charge in [0.1, 0.15) is 11.6 Å². The van der Waals surface area contributed by atoms with Crippen LogP contribution in [0.25, 0.3) is 0 Å². The monoisotopic (exact) mass is 469 g/mol. The first-order valence-electron chi connectivity index (χ1n) is 10.1. The van der Waals surface area contributed by atoms with E-state index in [1.54, 1.807) is 4.90 Å². The summed E-state index contributed by atoms with van der Waals surface area (Å²) in [6.45, 7) is 2.20. The number of amidine groups is 1. The molecular weight excluding hydrogens is 447 g/mol. The van der Waals surface area contributed by atoms with Gasteiger partial charge in [-0.15, -0.1) is 0 Å². The molecular formula is C21H23ClF3N5O2. The van der Waals surface area contributed by atoms with E-state index >= 15 is 0 Å². The van der Waals surface area contributed by atoms with Crippen LogP contribution in [-0.2, 0) is 6.42 Å². The molecule has 0 aliphatic carbocycles. The van der Waals surface area contributed by atoms with Crippen molar-refractivity contribution in [3.05, 3.63) is 51.9 Å². The number of pyridine rings is 1. The second-order valence-corrected chi connectivity index (χ2v) is 7.88. The molecule has 7 nitrogen and oxygen atoms in total. The van der Waals surface area contributed by atoms with Gasteiger partial charge in [-0.3, -0.25) is 4.79 Å². The van der Waals surface area contributed by atoms with Crippen molar-refractivity contribution in [2.45, 2.75) is 38.5 Å². The third kappa shape index (κ3) is 5.24. The van der Waals surface area contributed by atoms with Crippen LogP contribution < -0.4 is 16.0 Å². The number of halogens is 4. The quantitative estimate of drug-likeness (QED) is 0.260. The van der Waals surface area contributed by atoms with Gasteiger partial charge in [-0.1, -0.05) is 23.7 Å². The number of aryl methyl sites for hydroxylation is 1. The minimum Gasteiger partial charge on any atom is -0.409 e. The van der Waals surface area contributed by atoms with Gasteiger partial charge in [0.05, 0.1) is 21.8 Å². The van der Waals surface area contributed by atoms with Crippen molar-refractivity contribution in [2.75, 3.05) is 23.3 Å². The molecule has 1 aliphatic heterocycles. The van der Waals surface area contributed by atoms with E-state index in [2.05, 4.69) is 15.5 Å². The van der Waals surface area contributed by atoms with Crippen molar-refractivity contribution < 1.29 is 23.2 Å². The van der Waals surface area contributed by atoms with E-state index in [4.69, 9.17) is 22.5 Å². The van der Waals surface area contributed by atoms with Gasteiger partial charge in [0.25, 0.3) is 5.91 Å². The molecule has 0 unspecified atom stereocenters. The number of alkyl halides is 2. The second kappa shape index (κ2) is 9.64. The summed E-state index contributed by atoms with van der Waals surface area (Å²) < 4.78 is 41.6. The van der Waals surface area contributed by atoms with Crippen LogP contribution in [0.4, 0.5) is 24.7 Å². The van der Waals surface area contributed by atoms with Crippen molar-refractivity contribution in [1.82, 2.24) is 4.98 Å². The number of rotatable bonds is 5. The maximum absolute atomic E-state index is 13.9. The predicted molar refractivity (Wildman–Crippen MR) is 117 cm³/mol. The van der Waals surface area contributed by atoms with Gasteiger partial charge in [0.2, 0.25) is 5.92 Å². The van der Waals surface area contributed by atoms with Crippen molar-refractivity contribution >= 4 is 34.8 Å². The number of carbonyl (C=O) groups excluding carboxylic acids is 1. The zero-order valence-corrected chi connectivity index (χ0v) is 18.1. The molecule has 3 rings (SSSR count). The third-order valence-corrected chi connectivity index (χ3v) is 5.56. The minimum atomic E-state index is -2.77. The smallest absolute Gasteiger partial charge is 0.259 e. The summed E-state index contributed by atoms with van der Waals surface area (Å²) in [6, 6.07) is 5.04. The molecule has 0 saturated carbocycles. The molecule has 0 radical (unpaired) electrons. The van der Waals surface area contributed by atoms with Crippen LogP contribution in [0.15, 0.2) is 29.4 Å². The number of nitrogens with two attached hydrogens (primary N) is 1. The lowest BCUT2D eigenvalue weighted by atomic mass is 10.1. The minimum absolute atomic E-state index is 0.0370. The lowest BCUT2D eigenvalue weighted by Gasteiger charge is -2.25. The number of nitrogens with one attached hydrogen (secondary N) is 1. The first-order chi connectivity index (χ1) is 15.1. The maximum atomic E-state index is 13.9. The first-order valence-corrected chi connectivity index (χ1v) is 10.4. The molecule has 0 spiro atoms. The van der Waals surface area contributed by atoms with Crippen LogP contribution in [0.1, 0.15) is 47.8 Å². The van der Waals surface area contributed by atoms with E-state index in [1.807, 2.05) is 6.92 Å². The Kier molecular flexibility index (Phi) is 7.12. The van der Waals surface area contributed by atoms with E-state index in [-0.39, 0.29) is 53.5 Å². The zero-order chi connectivity index (χ0) is 23.5. The fourth-order valence-electron chi connectivity index (χ4n) is 3.50. The van der Waals surface area contributed by atoms with E-state index in [1.165, 1.54) is 18.2 Å². The summed E-state index contributed by atoms with van der Waals surface area (Å²) >= 11 is 6.28. The van der Waals surface area contributed by atoms with Gasteiger partial charge < -0.3 is 21.2 Å². The average Bonchev–Trinajstić information content (AvgIpc) is 2.94. The summed E-state index contributed by atoms with van der Waals surface area (Å²) in [4.78, 5) is 19.2. The van der Waals surface area contributed by atoms with Gasteiger partial charge >= 0.3 is 0 Å². The molecule has 1 saturated heterocycles. The Morgan fingerprint density at radius 1 is 1.31 bits per heavy atom. The van der Waals surface area contributed by atoms with E-state index in [0.717, 1.165) is 6.07 Å². The van der Waals surface area contributed by atoms with Gasteiger partial charge in [-0.2, -0.15) is 0 Å². The number of carbonyl (C=O) groups is 1. The van der Waals surface area contributed by atoms with Gasteiger partial charge in [0.15, 0.2) is 5.84 Å². The Morgan fingerprint density at radius 2 is 2.06 bits per heavy atom. The largest absolute Gasteiger partial charge is 0.409 e. The van der Waals surface area contributed by atoms with Crippen LogP contribution in [0.2, 0.25) is 5.02 Å². The molecule has 32 heavy (non-hydrogen) atoms. The van der Waals surface area contributed by atoms with Crippen LogP contribution in [-0.4, -0.2) is 40.9 Å². The summed E-state index contributed by atoms with van der Waals surface area (Å²) in [7, 11) is 0. The highest BCUT2D eigenvalue weighted by Gasteiger charge is 2.33. The lowest BCUT2D eigenvalue weighted by Crippen LogP contribution is -2.30. The van der Waals surface area contributed by atoms with Crippen molar-refractivity contribution in [1.29, 1.82) is 0 Å². The number of anilines is 2. The summed E-state index contributed by atoms with van der Waals surface area (Å²) in [5, 5.41) is 14.5. The number of nitrogens with zero attached hydrogens (tertiary/aromatic N) is 3. The van der Waals surface area contributed by atoms with Crippen LogP contribution in [0.5, 0.6) is 0 Å². The fraction of sp³-hybridized carbons (Fsp3) is 0.381. The van der Waals surface area contributed by atoms with Crippen molar-refractivity contribution in [3.8, 4) is 0 Å². The number of aromatic nitrogens is 1. The van der Waals surface area contributed by atoms with Crippen molar-refractivity contribution in [2.24, 2.45) is 10.9 Å². The van der Waals surface area contributed by atoms with Crippen LogP contribution >= 0.6 is 11.6 Å². The predicted octanol–water partition coefficient (Wildman–Crippen LogP) is 4.41. The highest BCUT2D eigenvalue weighted by atomic mass is 35.5. The van der Waals surface area contributed by atoms with E-state index < -0.39 is 23.5 Å². The number of oxime groups is 1. The number of amides is 1. The molecule has 1 fully saturated rings. The van der Waals surface area contributed by atoms with Crippen LogP contribution in [0.3, 0.4) is 0 Å². The summed E-state index contributed by atoms with van der Waals surface area (Å²) in [5.41, 5.74) is 6.10. The zero-order valence-electron chi connectivity index (χ0n) is 17.3. The van der Waals surface area contributed by atoms with Gasteiger partial charge in [-0.25, -0.2) is 18.2 Å². The summed E-state index contributed by atoms with van der Waals surface area (Å²) in [5.74, 6) is -4.30. The number of hydrogen-bond acceptors (Lipinski definition) is 5. The molecule has 0 atom stereocenters. The van der Waals surface area contributed by atoms with E-state index in [0.29, 0.717) is 18.7 Å². The van der Waals surface area contributed by atoms with Gasteiger partial charge in [-0.05, 0) is 37.1 Å².